The number of carbonyl (C=O) groups excluding carboxylic acids is 1. The maximum atomic E-state index is 13.6. The second-order valence-corrected chi connectivity index (χ2v) is 5.85. The number of rotatable bonds is 2. The summed E-state index contributed by atoms with van der Waals surface area (Å²) in [7, 11) is 0. The van der Waals surface area contributed by atoms with Gasteiger partial charge < -0.3 is 10.1 Å². The molecule has 0 saturated carbocycles. The van der Waals surface area contributed by atoms with Crippen molar-refractivity contribution in [3.8, 4) is 11.8 Å². The highest BCUT2D eigenvalue weighted by Crippen LogP contribution is 2.36. The zero-order chi connectivity index (χ0) is 18.6. The Morgan fingerprint density at radius 2 is 1.96 bits per heavy atom. The van der Waals surface area contributed by atoms with Crippen molar-refractivity contribution in [3.63, 3.8) is 0 Å². The van der Waals surface area contributed by atoms with E-state index < -0.39 is 24.1 Å². The molecule has 4 rings (SSSR count). The lowest BCUT2D eigenvalue weighted by molar-refractivity contribution is 0.132. The van der Waals surface area contributed by atoms with Crippen LogP contribution in [-0.4, -0.2) is 21.0 Å². The number of halogens is 1. The van der Waals surface area contributed by atoms with E-state index in [0.29, 0.717) is 22.4 Å². The van der Waals surface area contributed by atoms with Gasteiger partial charge in [0.2, 0.25) is 0 Å². The molecular formula is C20H13FN4O2. The van der Waals surface area contributed by atoms with Crippen LogP contribution in [-0.2, 0) is 4.74 Å². The van der Waals surface area contributed by atoms with Crippen LogP contribution in [0.2, 0.25) is 0 Å². The zero-order valence-electron chi connectivity index (χ0n) is 14.0. The van der Waals surface area contributed by atoms with Gasteiger partial charge >= 0.3 is 6.09 Å². The van der Waals surface area contributed by atoms with Crippen molar-refractivity contribution in [2.24, 2.45) is 0 Å². The monoisotopic (exact) mass is 360 g/mol. The number of carbonyl (C=O) groups is 1. The molecule has 7 heteroatoms. The Kier molecular flexibility index (Phi) is 4.45. The van der Waals surface area contributed by atoms with Gasteiger partial charge in [-0.25, -0.2) is 14.2 Å². The first-order chi connectivity index (χ1) is 13.2. The summed E-state index contributed by atoms with van der Waals surface area (Å²) < 4.78 is 18.9. The topological polar surface area (TPSA) is 77.0 Å². The number of amides is 1. The number of benzene rings is 1. The van der Waals surface area contributed by atoms with E-state index in [2.05, 4.69) is 32.1 Å². The number of aromatic nitrogens is 3. The van der Waals surface area contributed by atoms with Gasteiger partial charge in [-0.2, -0.15) is 0 Å². The normalized spacial score (nSPS) is 18.2. The number of alkyl carbamates (subject to hydrolysis) is 1. The molecule has 0 spiro atoms. The van der Waals surface area contributed by atoms with Gasteiger partial charge in [-0.05, 0) is 35.2 Å². The highest BCUT2D eigenvalue weighted by Gasteiger charge is 2.36. The number of pyridine rings is 1. The van der Waals surface area contributed by atoms with Gasteiger partial charge in [-0.15, -0.1) is 0 Å². The number of hydrogen-bond donors (Lipinski definition) is 1. The van der Waals surface area contributed by atoms with Gasteiger partial charge in [0.05, 0.1) is 6.20 Å². The summed E-state index contributed by atoms with van der Waals surface area (Å²) in [4.78, 5) is 24.0. The van der Waals surface area contributed by atoms with Crippen LogP contribution in [0.4, 0.5) is 9.18 Å². The van der Waals surface area contributed by atoms with Crippen molar-refractivity contribution in [2.45, 2.75) is 12.1 Å². The van der Waals surface area contributed by atoms with E-state index in [-0.39, 0.29) is 0 Å². The molecule has 2 aromatic heterocycles. The third-order valence-electron chi connectivity index (χ3n) is 4.00. The molecule has 1 aromatic carbocycles. The SMILES string of the molecule is O=C1NC(c2cncc(C#Cc3cnccn3)c2)C(c2cccc(F)c2)O1. The molecule has 0 radical (unpaired) electrons. The fourth-order valence-electron chi connectivity index (χ4n) is 2.82. The summed E-state index contributed by atoms with van der Waals surface area (Å²) in [5.41, 5.74) is 2.46. The Bertz CT molecular complexity index is 1050. The van der Waals surface area contributed by atoms with Crippen molar-refractivity contribution in [3.05, 3.63) is 89.5 Å². The summed E-state index contributed by atoms with van der Waals surface area (Å²) >= 11 is 0. The van der Waals surface area contributed by atoms with Crippen LogP contribution in [0, 0.1) is 17.7 Å². The van der Waals surface area contributed by atoms with E-state index in [1.54, 1.807) is 43.1 Å². The standard InChI is InChI=1S/C20H13FN4O2/c21-16-3-1-2-14(9-16)19-18(25-20(26)27-19)15-8-13(10-23-11-15)4-5-17-12-22-6-7-24-17/h1-3,6-12,18-19H,(H,25,26). The summed E-state index contributed by atoms with van der Waals surface area (Å²) in [6.45, 7) is 0. The van der Waals surface area contributed by atoms with Crippen molar-refractivity contribution < 1.29 is 13.9 Å². The van der Waals surface area contributed by atoms with E-state index in [4.69, 9.17) is 4.74 Å². The lowest BCUT2D eigenvalue weighted by atomic mass is 9.97. The van der Waals surface area contributed by atoms with Crippen molar-refractivity contribution in [2.75, 3.05) is 0 Å². The lowest BCUT2D eigenvalue weighted by Gasteiger charge is -2.17. The molecule has 2 unspecified atom stereocenters. The highest BCUT2D eigenvalue weighted by atomic mass is 19.1. The largest absolute Gasteiger partial charge is 0.439 e. The average molecular weight is 360 g/mol. The minimum absolute atomic E-state index is 0.393. The van der Waals surface area contributed by atoms with Crippen LogP contribution in [0.5, 0.6) is 0 Å². The summed E-state index contributed by atoms with van der Waals surface area (Å²) in [6, 6.07) is 7.30. The van der Waals surface area contributed by atoms with Gasteiger partial charge in [0.1, 0.15) is 17.6 Å². The average Bonchev–Trinajstić information content (AvgIpc) is 3.09. The van der Waals surface area contributed by atoms with E-state index in [9.17, 15) is 9.18 Å². The molecule has 0 bridgehead atoms. The zero-order valence-corrected chi connectivity index (χ0v) is 14.0. The molecule has 6 nitrogen and oxygen atoms in total. The minimum Gasteiger partial charge on any atom is -0.439 e. The molecular weight excluding hydrogens is 347 g/mol. The predicted octanol–water partition coefficient (Wildman–Crippen LogP) is 2.93. The molecule has 27 heavy (non-hydrogen) atoms. The maximum Gasteiger partial charge on any atom is 0.408 e. The Morgan fingerprint density at radius 1 is 1.04 bits per heavy atom. The molecule has 1 fully saturated rings. The lowest BCUT2D eigenvalue weighted by Crippen LogP contribution is -2.19. The van der Waals surface area contributed by atoms with Gasteiger partial charge in [0, 0.05) is 30.4 Å². The van der Waals surface area contributed by atoms with E-state index in [1.807, 2.05) is 6.07 Å². The second kappa shape index (κ2) is 7.22. The molecule has 2 atom stereocenters. The Labute approximate surface area is 154 Å². The summed E-state index contributed by atoms with van der Waals surface area (Å²) in [5.74, 6) is 5.48. The fraction of sp³-hybridized carbons (Fsp3) is 0.100. The van der Waals surface area contributed by atoms with E-state index >= 15 is 0 Å². The van der Waals surface area contributed by atoms with Crippen LogP contribution < -0.4 is 5.32 Å². The Balaban J connectivity index is 1.64. The first-order valence-electron chi connectivity index (χ1n) is 8.14. The third kappa shape index (κ3) is 3.75. The molecule has 1 N–H and O–H groups in total. The summed E-state index contributed by atoms with van der Waals surface area (Å²) in [5, 5.41) is 2.75. The molecule has 1 amide bonds. The van der Waals surface area contributed by atoms with Gasteiger partial charge in [0.15, 0.2) is 6.10 Å². The Morgan fingerprint density at radius 3 is 2.78 bits per heavy atom. The molecule has 1 aliphatic rings. The number of ether oxygens (including phenoxy) is 1. The van der Waals surface area contributed by atoms with Crippen molar-refractivity contribution in [1.29, 1.82) is 0 Å². The van der Waals surface area contributed by atoms with E-state index in [0.717, 1.165) is 0 Å². The van der Waals surface area contributed by atoms with Gasteiger partial charge in [-0.3, -0.25) is 9.97 Å². The summed E-state index contributed by atoms with van der Waals surface area (Å²) in [6.07, 6.45) is 6.72. The van der Waals surface area contributed by atoms with Gasteiger partial charge in [-0.1, -0.05) is 18.1 Å². The maximum absolute atomic E-state index is 13.6. The second-order valence-electron chi connectivity index (χ2n) is 5.85. The number of nitrogens with one attached hydrogen (secondary N) is 1. The van der Waals surface area contributed by atoms with Crippen LogP contribution in [0.15, 0.2) is 61.3 Å². The molecule has 132 valence electrons. The quantitative estimate of drug-likeness (QED) is 0.711. The van der Waals surface area contributed by atoms with Crippen LogP contribution in [0.25, 0.3) is 0 Å². The number of nitrogens with zero attached hydrogens (tertiary/aromatic N) is 3. The van der Waals surface area contributed by atoms with Gasteiger partial charge in [0.25, 0.3) is 0 Å². The predicted molar refractivity (Wildman–Crippen MR) is 93.7 cm³/mol. The molecule has 1 saturated heterocycles. The molecule has 1 aliphatic heterocycles. The first kappa shape index (κ1) is 16.7. The van der Waals surface area contributed by atoms with Crippen molar-refractivity contribution in [1.82, 2.24) is 20.3 Å². The Hall–Kier alpha value is -3.79. The highest BCUT2D eigenvalue weighted by molar-refractivity contribution is 5.71. The third-order valence-corrected chi connectivity index (χ3v) is 4.00. The fourth-order valence-corrected chi connectivity index (χ4v) is 2.82. The molecule has 3 heterocycles. The van der Waals surface area contributed by atoms with E-state index in [1.165, 1.54) is 12.1 Å². The number of hydrogen-bond acceptors (Lipinski definition) is 5. The van der Waals surface area contributed by atoms with Crippen LogP contribution in [0.1, 0.15) is 34.5 Å². The minimum atomic E-state index is -0.654. The van der Waals surface area contributed by atoms with Crippen LogP contribution >= 0.6 is 0 Å². The molecule has 3 aromatic rings. The number of cyclic esters (lactones) is 1. The van der Waals surface area contributed by atoms with Crippen LogP contribution in [0.3, 0.4) is 0 Å². The molecule has 0 aliphatic carbocycles. The first-order valence-corrected chi connectivity index (χ1v) is 8.14. The smallest absolute Gasteiger partial charge is 0.408 e. The van der Waals surface area contributed by atoms with Crippen molar-refractivity contribution >= 4 is 6.09 Å².